The van der Waals surface area contributed by atoms with Crippen LogP contribution in [0.2, 0.25) is 0 Å². The van der Waals surface area contributed by atoms with E-state index >= 15 is 0 Å². The van der Waals surface area contributed by atoms with Crippen molar-refractivity contribution in [3.63, 3.8) is 0 Å². The predicted octanol–water partition coefficient (Wildman–Crippen LogP) is 5.99. The average Bonchev–Trinajstić information content (AvgIpc) is 3.54. The first-order valence-electron chi connectivity index (χ1n) is 12.5. The first-order valence-corrected chi connectivity index (χ1v) is 13.4. The van der Waals surface area contributed by atoms with Crippen molar-refractivity contribution in [1.82, 2.24) is 9.88 Å². The van der Waals surface area contributed by atoms with E-state index < -0.39 is 18.1 Å². The molecule has 7 heteroatoms. The standard InChI is InChI=1S/C29H34N2O4S/c1-17(2)12-24(31-15-21(20-8-9-20)10-11-26(31)32)29(35)30-23(14-27(33)34)22-13-25(36-16-22)28-18(3)6-5-7-19(28)4/h5-7,10-11,13,15-17,20,23-24H,8-9,12,14H2,1-4H3,(H,30,35)(H,33,34)/t23-,24-/m0/s1. The number of aromatic nitrogens is 1. The third kappa shape index (κ3) is 5.95. The Morgan fingerprint density at radius 3 is 2.44 bits per heavy atom. The second-order valence-electron chi connectivity index (χ2n) is 10.3. The van der Waals surface area contributed by atoms with Gasteiger partial charge in [0.1, 0.15) is 6.04 Å². The molecule has 2 N–H and O–H groups in total. The van der Waals surface area contributed by atoms with Crippen LogP contribution in [0.1, 0.15) is 79.8 Å². The lowest BCUT2D eigenvalue weighted by Crippen LogP contribution is -2.40. The van der Waals surface area contributed by atoms with E-state index in [4.69, 9.17) is 0 Å². The fourth-order valence-corrected chi connectivity index (χ4v) is 5.92. The summed E-state index contributed by atoms with van der Waals surface area (Å²) in [6.45, 7) is 8.14. The Hall–Kier alpha value is -3.19. The number of benzene rings is 1. The van der Waals surface area contributed by atoms with Crippen LogP contribution in [0.3, 0.4) is 0 Å². The second-order valence-corrected chi connectivity index (χ2v) is 11.2. The molecule has 1 amide bonds. The minimum Gasteiger partial charge on any atom is -0.481 e. The number of nitrogens with one attached hydrogen (secondary N) is 1. The molecule has 3 aromatic rings. The predicted molar refractivity (Wildman–Crippen MR) is 144 cm³/mol. The van der Waals surface area contributed by atoms with E-state index in [0.717, 1.165) is 45.5 Å². The molecular formula is C29H34N2O4S. The number of aryl methyl sites for hydroxylation is 2. The largest absolute Gasteiger partial charge is 0.481 e. The molecule has 1 aromatic carbocycles. The molecule has 6 nitrogen and oxygen atoms in total. The second kappa shape index (κ2) is 10.8. The number of hydrogen-bond donors (Lipinski definition) is 2. The maximum Gasteiger partial charge on any atom is 0.305 e. The number of carboxylic acids is 1. The topological polar surface area (TPSA) is 88.4 Å². The lowest BCUT2D eigenvalue weighted by Gasteiger charge is -2.25. The Morgan fingerprint density at radius 2 is 1.83 bits per heavy atom. The fraction of sp³-hybridized carbons (Fsp3) is 0.414. The normalized spacial score (nSPS) is 15.0. The summed E-state index contributed by atoms with van der Waals surface area (Å²) in [7, 11) is 0. The van der Waals surface area contributed by atoms with Crippen LogP contribution < -0.4 is 10.9 Å². The summed E-state index contributed by atoms with van der Waals surface area (Å²) >= 11 is 1.54. The number of carbonyl (C=O) groups excluding carboxylic acids is 1. The van der Waals surface area contributed by atoms with Crippen molar-refractivity contribution >= 4 is 23.2 Å². The number of thiophene rings is 1. The average molecular weight is 507 g/mol. The monoisotopic (exact) mass is 506 g/mol. The molecule has 1 aliphatic carbocycles. The minimum absolute atomic E-state index is 0.173. The number of aliphatic carboxylic acids is 1. The van der Waals surface area contributed by atoms with Gasteiger partial charge < -0.3 is 15.0 Å². The summed E-state index contributed by atoms with van der Waals surface area (Å²) in [6.07, 6.45) is 4.26. The lowest BCUT2D eigenvalue weighted by atomic mass is 9.98. The molecule has 4 rings (SSSR count). The lowest BCUT2D eigenvalue weighted by molar-refractivity contribution is -0.138. The van der Waals surface area contributed by atoms with Crippen molar-refractivity contribution in [2.24, 2.45) is 5.92 Å². The zero-order chi connectivity index (χ0) is 26.0. The number of carbonyl (C=O) groups is 2. The number of amides is 1. The Labute approximate surface area is 216 Å². The quantitative estimate of drug-likeness (QED) is 0.353. The minimum atomic E-state index is -0.992. The van der Waals surface area contributed by atoms with Gasteiger partial charge >= 0.3 is 5.97 Å². The van der Waals surface area contributed by atoms with E-state index in [9.17, 15) is 19.5 Å². The Morgan fingerprint density at radius 1 is 1.14 bits per heavy atom. The van der Waals surface area contributed by atoms with Gasteiger partial charge in [0, 0.05) is 17.1 Å². The molecule has 2 atom stereocenters. The first-order chi connectivity index (χ1) is 17.1. The Balaban J connectivity index is 1.64. The van der Waals surface area contributed by atoms with Gasteiger partial charge in [-0.25, -0.2) is 0 Å². The molecule has 190 valence electrons. The van der Waals surface area contributed by atoms with E-state index in [2.05, 4.69) is 31.3 Å². The van der Waals surface area contributed by atoms with Gasteiger partial charge in [0.05, 0.1) is 12.5 Å². The molecule has 0 aliphatic heterocycles. The highest BCUT2D eigenvalue weighted by molar-refractivity contribution is 7.13. The molecule has 1 saturated carbocycles. The van der Waals surface area contributed by atoms with Crippen LogP contribution >= 0.6 is 11.3 Å². The van der Waals surface area contributed by atoms with Gasteiger partial charge in [0.15, 0.2) is 0 Å². The molecule has 0 spiro atoms. The summed E-state index contributed by atoms with van der Waals surface area (Å²) < 4.78 is 1.54. The van der Waals surface area contributed by atoms with Crippen LogP contribution in [0.5, 0.6) is 0 Å². The van der Waals surface area contributed by atoms with Crippen molar-refractivity contribution < 1.29 is 14.7 Å². The van der Waals surface area contributed by atoms with Crippen LogP contribution in [0.4, 0.5) is 0 Å². The molecule has 0 saturated heterocycles. The van der Waals surface area contributed by atoms with Gasteiger partial charge in [-0.15, -0.1) is 11.3 Å². The molecule has 2 heterocycles. The summed E-state index contributed by atoms with van der Waals surface area (Å²) in [5, 5.41) is 14.5. The first kappa shape index (κ1) is 25.9. The van der Waals surface area contributed by atoms with Crippen LogP contribution in [0.15, 0.2) is 52.8 Å². The maximum absolute atomic E-state index is 13.6. The van der Waals surface area contributed by atoms with Crippen molar-refractivity contribution in [3.05, 3.63) is 80.6 Å². The Kier molecular flexibility index (Phi) is 7.79. The van der Waals surface area contributed by atoms with Gasteiger partial charge in [-0.2, -0.15) is 0 Å². The van der Waals surface area contributed by atoms with Crippen LogP contribution in [-0.2, 0) is 9.59 Å². The molecule has 1 aliphatic rings. The van der Waals surface area contributed by atoms with E-state index in [1.54, 1.807) is 17.4 Å². The summed E-state index contributed by atoms with van der Waals surface area (Å²) in [5.41, 5.74) is 5.05. The van der Waals surface area contributed by atoms with Gasteiger partial charge in [-0.05, 0) is 84.2 Å². The van der Waals surface area contributed by atoms with E-state index in [1.165, 1.54) is 4.57 Å². The summed E-state index contributed by atoms with van der Waals surface area (Å²) in [4.78, 5) is 39.2. The molecule has 1 fully saturated rings. The molecule has 36 heavy (non-hydrogen) atoms. The molecule has 0 radical (unpaired) electrons. The van der Waals surface area contributed by atoms with Gasteiger partial charge in [-0.1, -0.05) is 38.1 Å². The highest BCUT2D eigenvalue weighted by atomic mass is 32.1. The highest BCUT2D eigenvalue weighted by Gasteiger charge is 2.29. The summed E-state index contributed by atoms with van der Waals surface area (Å²) in [5.74, 6) is -0.696. The van der Waals surface area contributed by atoms with Gasteiger partial charge in [0.2, 0.25) is 5.91 Å². The summed E-state index contributed by atoms with van der Waals surface area (Å²) in [6, 6.07) is 10.1. The van der Waals surface area contributed by atoms with Crippen molar-refractivity contribution in [3.8, 4) is 10.4 Å². The highest BCUT2D eigenvalue weighted by Crippen LogP contribution is 2.40. The zero-order valence-corrected chi connectivity index (χ0v) is 22.1. The van der Waals surface area contributed by atoms with Gasteiger partial charge in [0.25, 0.3) is 5.56 Å². The molecule has 0 bridgehead atoms. The van der Waals surface area contributed by atoms with Crippen LogP contribution in [0, 0.1) is 19.8 Å². The third-order valence-corrected chi connectivity index (χ3v) is 7.75. The molecule has 2 aromatic heterocycles. The van der Waals surface area contributed by atoms with Crippen LogP contribution in [0.25, 0.3) is 10.4 Å². The molecular weight excluding hydrogens is 472 g/mol. The fourth-order valence-electron chi connectivity index (χ4n) is 4.78. The van der Waals surface area contributed by atoms with Crippen molar-refractivity contribution in [1.29, 1.82) is 0 Å². The van der Waals surface area contributed by atoms with Crippen molar-refractivity contribution in [2.45, 2.75) is 71.4 Å². The van der Waals surface area contributed by atoms with E-state index in [1.807, 2.05) is 43.6 Å². The van der Waals surface area contributed by atoms with Gasteiger partial charge in [-0.3, -0.25) is 14.4 Å². The maximum atomic E-state index is 13.6. The number of nitrogens with zero attached hydrogens (tertiary/aromatic N) is 1. The van der Waals surface area contributed by atoms with E-state index in [-0.39, 0.29) is 23.8 Å². The number of pyridine rings is 1. The van der Waals surface area contributed by atoms with Crippen molar-refractivity contribution in [2.75, 3.05) is 0 Å². The third-order valence-electron chi connectivity index (χ3n) is 6.79. The SMILES string of the molecule is Cc1cccc(C)c1-c1cc([C@H](CC(=O)O)NC(=O)[C@H](CC(C)C)n2cc(C3CC3)ccc2=O)cs1. The Bertz CT molecular complexity index is 1300. The smallest absolute Gasteiger partial charge is 0.305 e. The van der Waals surface area contributed by atoms with Crippen LogP contribution in [-0.4, -0.2) is 21.6 Å². The number of rotatable bonds is 10. The number of carboxylic acid groups (broad SMARTS) is 1. The zero-order valence-electron chi connectivity index (χ0n) is 21.3. The molecule has 0 unspecified atom stereocenters. The number of hydrogen-bond acceptors (Lipinski definition) is 4. The van der Waals surface area contributed by atoms with E-state index in [0.29, 0.717) is 12.3 Å².